The first-order chi connectivity index (χ1) is 43.1. The second-order valence-corrected chi connectivity index (χ2v) is 25.3. The van der Waals surface area contributed by atoms with E-state index in [1.165, 1.54) is 205 Å². The van der Waals surface area contributed by atoms with Crippen LogP contribution in [0.2, 0.25) is 0 Å². The Hall–Kier alpha value is -2.57. The fourth-order valence-corrected chi connectivity index (χ4v) is 11.6. The summed E-state index contributed by atoms with van der Waals surface area (Å²) >= 11 is 0. The Labute approximate surface area is 536 Å². The van der Waals surface area contributed by atoms with Crippen LogP contribution in [0.25, 0.3) is 0 Å². The van der Waals surface area contributed by atoms with Crippen molar-refractivity contribution in [2.24, 2.45) is 0 Å². The lowest BCUT2D eigenvalue weighted by atomic mass is 9.97. The lowest BCUT2D eigenvalue weighted by Gasteiger charge is -2.46. The second-order valence-electron chi connectivity index (χ2n) is 25.3. The first kappa shape index (κ1) is 81.5. The van der Waals surface area contributed by atoms with Gasteiger partial charge in [0.25, 0.3) is 0 Å². The van der Waals surface area contributed by atoms with Crippen molar-refractivity contribution in [2.45, 2.75) is 370 Å². The molecule has 0 aromatic carbocycles. The molecule has 0 aliphatic carbocycles. The Bertz CT molecular complexity index is 1750. The summed E-state index contributed by atoms with van der Waals surface area (Å²) in [7, 11) is 0. The van der Waals surface area contributed by atoms with Gasteiger partial charge in [-0.15, -0.1) is 0 Å². The van der Waals surface area contributed by atoms with Crippen LogP contribution in [-0.4, -0.2) is 140 Å². The van der Waals surface area contributed by atoms with Crippen LogP contribution in [0.4, 0.5) is 0 Å². The molecule has 2 aliphatic rings. The third-order valence-corrected chi connectivity index (χ3v) is 17.3. The van der Waals surface area contributed by atoms with Crippen molar-refractivity contribution in [3.63, 3.8) is 0 Å². The third-order valence-electron chi connectivity index (χ3n) is 17.3. The van der Waals surface area contributed by atoms with Crippen LogP contribution in [0.5, 0.6) is 0 Å². The highest BCUT2D eigenvalue weighted by Crippen LogP contribution is 2.30. The quantitative estimate of drug-likeness (QED) is 0.0204. The van der Waals surface area contributed by atoms with Gasteiger partial charge in [0.2, 0.25) is 5.91 Å². The minimum Gasteiger partial charge on any atom is -0.394 e. The molecule has 2 saturated heterocycles. The number of aliphatic hydroxyl groups excluding tert-OH is 8. The molecule has 88 heavy (non-hydrogen) atoms. The van der Waals surface area contributed by atoms with Gasteiger partial charge in [-0.2, -0.15) is 0 Å². The van der Waals surface area contributed by atoms with E-state index in [-0.39, 0.29) is 18.9 Å². The van der Waals surface area contributed by atoms with Crippen molar-refractivity contribution in [1.29, 1.82) is 0 Å². The predicted molar refractivity (Wildman–Crippen MR) is 360 cm³/mol. The van der Waals surface area contributed by atoms with E-state index in [2.05, 4.69) is 79.9 Å². The second kappa shape index (κ2) is 58.3. The molecule has 2 rings (SSSR count). The van der Waals surface area contributed by atoms with Crippen LogP contribution in [0, 0.1) is 0 Å². The smallest absolute Gasteiger partial charge is 0.220 e. The summed E-state index contributed by atoms with van der Waals surface area (Å²) in [6.45, 7) is 2.79. The van der Waals surface area contributed by atoms with Crippen molar-refractivity contribution >= 4 is 5.91 Å². The predicted octanol–water partition coefficient (Wildman–Crippen LogP) is 15.0. The monoisotopic (exact) mass is 1240 g/mol. The maximum Gasteiger partial charge on any atom is 0.220 e. The van der Waals surface area contributed by atoms with Crippen LogP contribution in [0.1, 0.15) is 296 Å². The van der Waals surface area contributed by atoms with Gasteiger partial charge in [-0.3, -0.25) is 4.79 Å². The number of nitrogens with one attached hydrogen (secondary N) is 1. The molecule has 2 aliphatic heterocycles. The Kier molecular flexibility index (Phi) is 54.0. The molecule has 0 aromatic rings. The highest BCUT2D eigenvalue weighted by atomic mass is 16.7. The van der Waals surface area contributed by atoms with Crippen LogP contribution in [-0.2, 0) is 23.7 Å². The summed E-state index contributed by atoms with van der Waals surface area (Å²) < 4.78 is 22.8. The molecule has 1 amide bonds. The minimum atomic E-state index is -1.79. The number of allylic oxidation sites excluding steroid dienone is 11. The van der Waals surface area contributed by atoms with E-state index in [1.54, 1.807) is 6.08 Å². The Morgan fingerprint density at radius 1 is 0.409 bits per heavy atom. The van der Waals surface area contributed by atoms with Crippen molar-refractivity contribution < 1.29 is 64.6 Å². The number of amides is 1. The van der Waals surface area contributed by atoms with Crippen molar-refractivity contribution in [3.05, 3.63) is 72.9 Å². The molecule has 12 atom stereocenters. The van der Waals surface area contributed by atoms with Gasteiger partial charge in [-0.1, -0.05) is 279 Å². The van der Waals surface area contributed by atoms with E-state index >= 15 is 0 Å². The first-order valence-corrected chi connectivity index (χ1v) is 36.2. The number of unbranched alkanes of at least 4 members (excludes halogenated alkanes) is 36. The summed E-state index contributed by atoms with van der Waals surface area (Å²) in [4.78, 5) is 13.3. The summed E-state index contributed by atoms with van der Waals surface area (Å²) in [5, 5.41) is 87.4. The van der Waals surface area contributed by atoms with Gasteiger partial charge in [0.05, 0.1) is 32.0 Å². The van der Waals surface area contributed by atoms with Gasteiger partial charge < -0.3 is 65.1 Å². The molecule has 0 aromatic heterocycles. The van der Waals surface area contributed by atoms with E-state index < -0.39 is 86.8 Å². The van der Waals surface area contributed by atoms with Gasteiger partial charge in [0.15, 0.2) is 12.6 Å². The lowest BCUT2D eigenvalue weighted by molar-refractivity contribution is -0.359. The maximum atomic E-state index is 13.3. The molecule has 2 heterocycles. The SMILES string of the molecule is CCCCCCC/C=C\C/C=C\C/C=C\CCCCCCCCCCCCCCCCCCCCC(=O)NC(COC1OC(CO)C(OC2OC(CO)C(O)C(O)C2O)C(O)C1O)C(O)/C=C/CC/C=C/CC/C=C/CCCCCCCCCCCCC. The van der Waals surface area contributed by atoms with Crippen LogP contribution < -0.4 is 5.32 Å². The fourth-order valence-electron chi connectivity index (χ4n) is 11.6. The lowest BCUT2D eigenvalue weighted by Crippen LogP contribution is -2.65. The molecular formula is C74H133NO13. The highest BCUT2D eigenvalue weighted by Gasteiger charge is 2.51. The van der Waals surface area contributed by atoms with E-state index in [0.717, 1.165) is 57.8 Å². The van der Waals surface area contributed by atoms with Crippen molar-refractivity contribution in [3.8, 4) is 0 Å². The first-order valence-electron chi connectivity index (χ1n) is 36.2. The number of rotatable bonds is 59. The number of hydrogen-bond acceptors (Lipinski definition) is 13. The zero-order valence-electron chi connectivity index (χ0n) is 55.7. The summed E-state index contributed by atoms with van der Waals surface area (Å²) in [6.07, 6.45) is 62.5. The standard InChI is InChI=1S/C74H133NO13/c1-3-5-7-9-11-13-15-17-19-21-23-25-26-27-28-29-30-31-32-33-34-35-36-38-40-42-44-46-48-50-52-54-56-58-66(79)75-62(63(78)57-55-53-51-49-47-45-43-41-39-37-24-22-20-18-16-14-12-10-8-6-4-2)61-85-73-71(84)69(82)72(65(60-77)87-73)88-74-70(83)68(81)67(80)64(59-76)86-74/h15,17,21,23,26-27,39,41,47,49,55,57,62-65,67-74,76-78,80-84H,3-14,16,18-20,22,24-25,28-38,40,42-46,48,50-54,56,58-61H2,1-2H3,(H,75,79)/b17-15-,23-21-,27-26-,41-39+,49-47+,57-55+. The van der Waals surface area contributed by atoms with Gasteiger partial charge in [-0.25, -0.2) is 0 Å². The highest BCUT2D eigenvalue weighted by molar-refractivity contribution is 5.76. The van der Waals surface area contributed by atoms with E-state index in [4.69, 9.17) is 18.9 Å². The van der Waals surface area contributed by atoms with E-state index in [0.29, 0.717) is 12.8 Å². The molecule has 9 N–H and O–H groups in total. The van der Waals surface area contributed by atoms with Crippen LogP contribution >= 0.6 is 0 Å². The normalized spacial score (nSPS) is 23.6. The van der Waals surface area contributed by atoms with Gasteiger partial charge in [0.1, 0.15) is 48.8 Å². The van der Waals surface area contributed by atoms with Gasteiger partial charge >= 0.3 is 0 Å². The largest absolute Gasteiger partial charge is 0.394 e. The molecular weight excluding hydrogens is 1110 g/mol. The van der Waals surface area contributed by atoms with E-state index in [1.807, 2.05) is 6.08 Å². The number of aliphatic hydroxyl groups is 8. The minimum absolute atomic E-state index is 0.251. The van der Waals surface area contributed by atoms with E-state index in [9.17, 15) is 45.6 Å². The van der Waals surface area contributed by atoms with Crippen molar-refractivity contribution in [1.82, 2.24) is 5.32 Å². The fraction of sp³-hybridized carbons (Fsp3) is 0.824. The Morgan fingerprint density at radius 3 is 1.19 bits per heavy atom. The van der Waals surface area contributed by atoms with Crippen molar-refractivity contribution in [2.75, 3.05) is 19.8 Å². The van der Waals surface area contributed by atoms with Gasteiger partial charge in [0, 0.05) is 6.42 Å². The number of carbonyl (C=O) groups excluding carboxylic acids is 1. The molecule has 0 bridgehead atoms. The summed E-state index contributed by atoms with van der Waals surface area (Å²) in [6, 6.07) is -0.941. The third kappa shape index (κ3) is 41.8. The maximum absolute atomic E-state index is 13.3. The molecule has 512 valence electrons. The molecule has 0 saturated carbocycles. The number of ether oxygens (including phenoxy) is 4. The summed E-state index contributed by atoms with van der Waals surface area (Å²) in [5.74, 6) is -0.251. The zero-order chi connectivity index (χ0) is 63.8. The molecule has 2 fully saturated rings. The Balaban J connectivity index is 1.66. The molecule has 12 unspecified atom stereocenters. The zero-order valence-corrected chi connectivity index (χ0v) is 55.7. The van der Waals surface area contributed by atoms with Gasteiger partial charge in [-0.05, 0) is 83.5 Å². The number of hydrogen-bond donors (Lipinski definition) is 9. The molecule has 0 radical (unpaired) electrons. The Morgan fingerprint density at radius 2 is 0.761 bits per heavy atom. The van der Waals surface area contributed by atoms with Crippen LogP contribution in [0.15, 0.2) is 72.9 Å². The van der Waals surface area contributed by atoms with Crippen LogP contribution in [0.3, 0.4) is 0 Å². The molecule has 14 heteroatoms. The summed E-state index contributed by atoms with van der Waals surface area (Å²) in [5.41, 5.74) is 0. The topological polar surface area (TPSA) is 228 Å². The molecule has 0 spiro atoms. The molecule has 14 nitrogen and oxygen atoms in total. The average Bonchev–Trinajstić information content (AvgIpc) is 2.07. The average molecular weight is 1240 g/mol. The number of carbonyl (C=O) groups is 1.